The maximum atomic E-state index is 13.0. The quantitative estimate of drug-likeness (QED) is 0.817. The number of ether oxygens (including phenoxy) is 1. The number of nitrogens with zero attached hydrogens (tertiary/aromatic N) is 1. The van der Waals surface area contributed by atoms with Crippen LogP contribution in [0.4, 0.5) is 5.69 Å². The number of hydrogen-bond acceptors (Lipinski definition) is 4. The third kappa shape index (κ3) is 3.40. The van der Waals surface area contributed by atoms with Gasteiger partial charge in [-0.15, -0.1) is 0 Å². The molecule has 1 aliphatic carbocycles. The zero-order valence-electron chi connectivity index (χ0n) is 16.5. The molecule has 1 aromatic carbocycles. The molecule has 2 heterocycles. The normalized spacial score (nSPS) is 28.6. The monoisotopic (exact) mass is 392 g/mol. The molecule has 27 heavy (non-hydrogen) atoms. The Hall–Kier alpha value is -1.11. The fourth-order valence-corrected chi connectivity index (χ4v) is 6.84. The first-order chi connectivity index (χ1) is 13.1. The second-order valence-corrected chi connectivity index (χ2v) is 10.1. The Morgan fingerprint density at radius 1 is 1.11 bits per heavy atom. The van der Waals surface area contributed by atoms with Crippen molar-refractivity contribution in [2.24, 2.45) is 11.8 Å². The van der Waals surface area contributed by atoms with Crippen molar-refractivity contribution in [1.29, 1.82) is 0 Å². The zero-order chi connectivity index (χ0) is 19.0. The molecule has 1 saturated carbocycles. The topological polar surface area (TPSA) is 58.6 Å². The second kappa shape index (κ2) is 7.72. The van der Waals surface area contributed by atoms with E-state index in [1.807, 2.05) is 26.0 Å². The molecule has 2 aliphatic heterocycles. The Kier molecular flexibility index (Phi) is 5.50. The molecule has 0 spiro atoms. The minimum absolute atomic E-state index is 0.0208. The average Bonchev–Trinajstić information content (AvgIpc) is 3.22. The van der Waals surface area contributed by atoms with Crippen LogP contribution < -0.4 is 5.32 Å². The van der Waals surface area contributed by atoms with Gasteiger partial charge in [0.2, 0.25) is 10.0 Å². The molecular weight excluding hydrogens is 360 g/mol. The summed E-state index contributed by atoms with van der Waals surface area (Å²) in [7, 11) is -3.45. The highest BCUT2D eigenvalue weighted by atomic mass is 32.2. The lowest BCUT2D eigenvalue weighted by Crippen LogP contribution is -2.45. The molecule has 3 aliphatic rings. The fourth-order valence-electron chi connectivity index (χ4n) is 5.34. The van der Waals surface area contributed by atoms with Crippen LogP contribution in [0, 0.1) is 11.8 Å². The molecular formula is C21H32N2O3S. The number of rotatable bonds is 5. The summed E-state index contributed by atoms with van der Waals surface area (Å²) in [5.74, 6) is 1.16. The minimum atomic E-state index is -3.45. The molecule has 6 heteroatoms. The first kappa shape index (κ1) is 19.2. The van der Waals surface area contributed by atoms with Crippen molar-refractivity contribution in [2.45, 2.75) is 69.4 Å². The van der Waals surface area contributed by atoms with E-state index in [-0.39, 0.29) is 6.10 Å². The Morgan fingerprint density at radius 2 is 1.85 bits per heavy atom. The summed E-state index contributed by atoms with van der Waals surface area (Å²) in [6.07, 6.45) is 7.52. The largest absolute Gasteiger partial charge is 0.381 e. The predicted molar refractivity (Wildman–Crippen MR) is 107 cm³/mol. The second-order valence-electron chi connectivity index (χ2n) is 8.15. The summed E-state index contributed by atoms with van der Waals surface area (Å²) in [6.45, 7) is 5.51. The highest BCUT2D eigenvalue weighted by molar-refractivity contribution is 7.89. The van der Waals surface area contributed by atoms with Crippen molar-refractivity contribution in [3.8, 4) is 0 Å². The Bertz CT molecular complexity index is 770. The molecule has 3 atom stereocenters. The van der Waals surface area contributed by atoms with Crippen LogP contribution in [0.1, 0.15) is 64.0 Å². The summed E-state index contributed by atoms with van der Waals surface area (Å²) in [6, 6.07) is 6.04. The van der Waals surface area contributed by atoms with Gasteiger partial charge in [0.1, 0.15) is 0 Å². The zero-order valence-corrected chi connectivity index (χ0v) is 17.3. The van der Waals surface area contributed by atoms with E-state index in [2.05, 4.69) is 5.32 Å². The van der Waals surface area contributed by atoms with Crippen molar-refractivity contribution in [3.63, 3.8) is 0 Å². The molecule has 1 aromatic rings. The molecule has 1 saturated heterocycles. The highest BCUT2D eigenvalue weighted by Crippen LogP contribution is 2.48. The van der Waals surface area contributed by atoms with E-state index in [0.717, 1.165) is 30.7 Å². The number of anilines is 1. The maximum Gasteiger partial charge on any atom is 0.243 e. The van der Waals surface area contributed by atoms with Gasteiger partial charge in [0, 0.05) is 42.9 Å². The molecule has 0 unspecified atom stereocenters. The molecule has 150 valence electrons. The van der Waals surface area contributed by atoms with E-state index in [0.29, 0.717) is 35.9 Å². The van der Waals surface area contributed by atoms with Gasteiger partial charge in [-0.1, -0.05) is 26.7 Å². The van der Waals surface area contributed by atoms with Crippen LogP contribution in [0.5, 0.6) is 0 Å². The van der Waals surface area contributed by atoms with Crippen LogP contribution in [0.2, 0.25) is 0 Å². The maximum absolute atomic E-state index is 13.0. The van der Waals surface area contributed by atoms with Crippen LogP contribution >= 0.6 is 0 Å². The summed E-state index contributed by atoms with van der Waals surface area (Å²) < 4.78 is 33.7. The van der Waals surface area contributed by atoms with Gasteiger partial charge in [-0.3, -0.25) is 0 Å². The fraction of sp³-hybridized carbons (Fsp3) is 0.714. The summed E-state index contributed by atoms with van der Waals surface area (Å²) in [5, 5.41) is 3.79. The molecule has 5 nitrogen and oxygen atoms in total. The predicted octanol–water partition coefficient (Wildman–Crippen LogP) is 4.17. The van der Waals surface area contributed by atoms with E-state index in [9.17, 15) is 8.42 Å². The highest BCUT2D eigenvalue weighted by Gasteiger charge is 2.43. The standard InChI is InChI=1S/C21H32N2O3S/c1-3-23(4-2)27(24,25)16-11-12-19-18(14-16)21-17(10-7-13-26-21)20(22-19)15-8-5-6-9-15/h11-12,14-15,17,20-22H,3-10,13H2,1-2H3/t17-,20+,21-/m0/s1. The first-order valence-electron chi connectivity index (χ1n) is 10.6. The average molecular weight is 393 g/mol. The van der Waals surface area contributed by atoms with Gasteiger partial charge in [0.25, 0.3) is 0 Å². The van der Waals surface area contributed by atoms with E-state index < -0.39 is 10.0 Å². The van der Waals surface area contributed by atoms with Gasteiger partial charge in [-0.2, -0.15) is 4.31 Å². The molecule has 0 amide bonds. The lowest BCUT2D eigenvalue weighted by Gasteiger charge is -2.45. The van der Waals surface area contributed by atoms with E-state index >= 15 is 0 Å². The van der Waals surface area contributed by atoms with E-state index in [1.54, 1.807) is 6.07 Å². The van der Waals surface area contributed by atoms with Gasteiger partial charge in [-0.25, -0.2) is 8.42 Å². The van der Waals surface area contributed by atoms with Crippen molar-refractivity contribution < 1.29 is 13.2 Å². The SMILES string of the molecule is CCN(CC)S(=O)(=O)c1ccc2c(c1)[C@H]1OCCC[C@H]1[C@@H](C1CCCC1)N2. The van der Waals surface area contributed by atoms with Crippen LogP contribution in [-0.2, 0) is 14.8 Å². The van der Waals surface area contributed by atoms with E-state index in [1.165, 1.54) is 30.0 Å². The molecule has 0 radical (unpaired) electrons. The van der Waals surface area contributed by atoms with Crippen molar-refractivity contribution in [3.05, 3.63) is 23.8 Å². The van der Waals surface area contributed by atoms with Gasteiger partial charge in [0.15, 0.2) is 0 Å². The Morgan fingerprint density at radius 3 is 2.56 bits per heavy atom. The van der Waals surface area contributed by atoms with Crippen molar-refractivity contribution in [1.82, 2.24) is 4.31 Å². The summed E-state index contributed by atoms with van der Waals surface area (Å²) in [4.78, 5) is 0.388. The lowest BCUT2D eigenvalue weighted by atomic mass is 9.75. The molecule has 2 fully saturated rings. The Balaban J connectivity index is 1.71. The smallest absolute Gasteiger partial charge is 0.243 e. The third-order valence-corrected chi connectivity index (χ3v) is 8.78. The Labute approximate surface area is 163 Å². The first-order valence-corrected chi connectivity index (χ1v) is 12.0. The van der Waals surface area contributed by atoms with Crippen LogP contribution in [0.15, 0.2) is 23.1 Å². The lowest BCUT2D eigenvalue weighted by molar-refractivity contribution is -0.0438. The number of benzene rings is 1. The molecule has 0 aromatic heterocycles. The number of fused-ring (bicyclic) bond motifs is 3. The van der Waals surface area contributed by atoms with Crippen molar-refractivity contribution >= 4 is 15.7 Å². The van der Waals surface area contributed by atoms with E-state index in [4.69, 9.17) is 4.74 Å². The van der Waals surface area contributed by atoms with Crippen LogP contribution in [-0.4, -0.2) is 38.5 Å². The molecule has 0 bridgehead atoms. The van der Waals surface area contributed by atoms with Crippen molar-refractivity contribution in [2.75, 3.05) is 25.0 Å². The number of nitrogens with one attached hydrogen (secondary N) is 1. The van der Waals surface area contributed by atoms with Gasteiger partial charge >= 0.3 is 0 Å². The summed E-state index contributed by atoms with van der Waals surface area (Å²) >= 11 is 0. The summed E-state index contributed by atoms with van der Waals surface area (Å²) in [5.41, 5.74) is 2.09. The van der Waals surface area contributed by atoms with Gasteiger partial charge in [-0.05, 0) is 49.8 Å². The number of hydrogen-bond donors (Lipinski definition) is 1. The van der Waals surface area contributed by atoms with Gasteiger partial charge in [0.05, 0.1) is 11.0 Å². The molecule has 1 N–H and O–H groups in total. The molecule has 4 rings (SSSR count). The number of sulfonamides is 1. The van der Waals surface area contributed by atoms with Crippen LogP contribution in [0.3, 0.4) is 0 Å². The minimum Gasteiger partial charge on any atom is -0.381 e. The van der Waals surface area contributed by atoms with Crippen LogP contribution in [0.25, 0.3) is 0 Å². The van der Waals surface area contributed by atoms with Gasteiger partial charge < -0.3 is 10.1 Å². The third-order valence-electron chi connectivity index (χ3n) is 6.73.